The van der Waals surface area contributed by atoms with E-state index in [9.17, 15) is 9.59 Å². The van der Waals surface area contributed by atoms with Crippen molar-refractivity contribution < 1.29 is 50.3 Å². The number of carbonyl (C=O) groups excluding carboxylic acids is 4. The number of rotatable bonds is 7. The Hall–Kier alpha value is -8.20. The maximum Gasteiger partial charge on any atom is 0.380 e. The van der Waals surface area contributed by atoms with Crippen molar-refractivity contribution in [3.63, 3.8) is 0 Å². The minimum Gasteiger partial charge on any atom is -0.497 e. The summed E-state index contributed by atoms with van der Waals surface area (Å²) >= 11 is 2.50. The average molecular weight is 1270 g/mol. The minimum atomic E-state index is -5.68. The second-order valence-corrected chi connectivity index (χ2v) is 30.3. The number of alkyl halides is 6. The van der Waals surface area contributed by atoms with Gasteiger partial charge in [0.25, 0.3) is 23.6 Å². The van der Waals surface area contributed by atoms with Crippen LogP contribution in [-0.4, -0.2) is 81.9 Å². The van der Waals surface area contributed by atoms with Gasteiger partial charge in [-0.1, -0.05) is 106 Å². The molecule has 15 rings (SSSR count). The highest BCUT2D eigenvalue weighted by molar-refractivity contribution is 8.11. The highest BCUT2D eigenvalue weighted by atomic mass is 32.2. The summed E-state index contributed by atoms with van der Waals surface area (Å²) in [5.41, 5.74) is 4.68. The van der Waals surface area contributed by atoms with Crippen LogP contribution in [0.1, 0.15) is 112 Å². The van der Waals surface area contributed by atoms with E-state index in [0.29, 0.717) is 60.8 Å². The number of amides is 4. The molecule has 0 aromatic heterocycles. The van der Waals surface area contributed by atoms with Gasteiger partial charge in [-0.05, 0) is 145 Å². The number of hydrogen-bond acceptors (Lipinski definition) is 9. The number of methoxy groups -OCH3 is 1. The zero-order chi connectivity index (χ0) is 64.6. The van der Waals surface area contributed by atoms with Crippen molar-refractivity contribution in [2.45, 2.75) is 118 Å². The third-order valence-corrected chi connectivity index (χ3v) is 26.0. The van der Waals surface area contributed by atoms with E-state index in [1.165, 1.54) is 46.5 Å². The standard InChI is InChI=1S/C74H62F6N4O5S2/c1-66(2)58-46(33-56-68(66,5)48-16-12-14-18-52(48)81(56)9)62(85)83(64(58)87)37-41-30-40(31-42(32-41)38-84-63(86)47-34-57-69(6,67(3,4)59(47)65(84)88)49-17-13-15-19-53(49)82(57)10)21-20-39-22-24-43(25-23-39)54-35-50-60-61(73(77,78)74(79,80)72(60,75)76)51-36-55(44-26-28-45(89-11)29-27-44)91-71(51,8)70(50,7)90-54/h12-19,22-35,55H,36-38H2,1-11H3/t55?,68?,69?,70-,71-/m1/s1. The lowest BCUT2D eigenvalue weighted by molar-refractivity contribution is -0.258. The van der Waals surface area contributed by atoms with Gasteiger partial charge in [0.1, 0.15) is 5.75 Å². The van der Waals surface area contributed by atoms with Crippen LogP contribution in [0.5, 0.6) is 5.75 Å². The third-order valence-electron chi connectivity index (χ3n) is 22.4. The molecule has 10 aliphatic rings. The van der Waals surface area contributed by atoms with Crippen LogP contribution in [-0.2, 0) is 43.1 Å². The SMILES string of the molecule is COc1ccc(C2CC3=C4C(=C5C=C(c6ccc(C#Cc7cc(CN8C(=O)C9=C(C8=O)C(C)(C)C8(C)C(=C9)N(C)c9ccccc98)cc(CN8C(=O)C9=C(C8=O)C(C)(C)C8(C)C(=C9)N(C)c9ccccc98)c7)cc6)S[C@@]5(C)[C@]3(C)S2)C(F)(F)C(F)(F)C4(F)F)cc1. The van der Waals surface area contributed by atoms with E-state index in [1.54, 1.807) is 80.6 Å². The summed E-state index contributed by atoms with van der Waals surface area (Å²) in [5, 5.41) is -0.514. The first-order valence-corrected chi connectivity index (χ1v) is 31.9. The van der Waals surface area contributed by atoms with Gasteiger partial charge in [0.15, 0.2) is 0 Å². The fourth-order valence-corrected chi connectivity index (χ4v) is 20.2. The van der Waals surface area contributed by atoms with Crippen LogP contribution in [0.15, 0.2) is 189 Å². The van der Waals surface area contributed by atoms with Gasteiger partial charge in [-0.3, -0.25) is 29.0 Å². The molecule has 1 saturated carbocycles. The number of benzene rings is 5. The molecule has 5 atom stereocenters. The monoisotopic (exact) mass is 1260 g/mol. The molecule has 5 aromatic rings. The molecule has 3 unspecified atom stereocenters. The average Bonchev–Trinajstić information content (AvgIpc) is 1.51. The molecule has 0 N–H and O–H groups in total. The maximum atomic E-state index is 16.3. The number of ether oxygens (including phenoxy) is 1. The first kappa shape index (κ1) is 59.1. The second-order valence-electron chi connectivity index (χ2n) is 27.2. The molecule has 2 fully saturated rings. The number of nitrogens with zero attached hydrogens (tertiary/aromatic N) is 4. The molecular formula is C74H62F6N4O5S2. The first-order chi connectivity index (χ1) is 42.8. The molecule has 91 heavy (non-hydrogen) atoms. The van der Waals surface area contributed by atoms with Gasteiger partial charge in [-0.2, -0.15) is 26.3 Å². The summed E-state index contributed by atoms with van der Waals surface area (Å²) in [6, 6.07) is 35.3. The van der Waals surface area contributed by atoms with E-state index in [-0.39, 0.29) is 30.7 Å². The lowest BCUT2D eigenvalue weighted by Crippen LogP contribution is -2.48. The molecule has 5 aromatic carbocycles. The number of carbonyl (C=O) groups is 4. The summed E-state index contributed by atoms with van der Waals surface area (Å²) in [4.78, 5) is 66.7. The van der Waals surface area contributed by atoms with E-state index in [0.717, 1.165) is 39.5 Å². The summed E-state index contributed by atoms with van der Waals surface area (Å²) < 4.78 is 99.0. The molecular weight excluding hydrogens is 1200 g/mol. The van der Waals surface area contributed by atoms with Crippen LogP contribution in [0, 0.1) is 22.7 Å². The van der Waals surface area contributed by atoms with Crippen molar-refractivity contribution in [3.05, 3.63) is 234 Å². The fraction of sp³-hybridized carbons (Fsp3) is 0.324. The largest absolute Gasteiger partial charge is 0.497 e. The zero-order valence-corrected chi connectivity index (χ0v) is 53.4. The van der Waals surface area contributed by atoms with Crippen molar-refractivity contribution in [2.75, 3.05) is 31.0 Å². The van der Waals surface area contributed by atoms with Crippen LogP contribution in [0.4, 0.5) is 37.7 Å². The number of anilines is 2. The summed E-state index contributed by atoms with van der Waals surface area (Å²) in [6.45, 7) is 15.3. The van der Waals surface area contributed by atoms with E-state index in [2.05, 4.69) is 47.6 Å². The Kier molecular flexibility index (Phi) is 12.2. The van der Waals surface area contributed by atoms with E-state index in [1.807, 2.05) is 90.3 Å². The van der Waals surface area contributed by atoms with Gasteiger partial charge in [-0.15, -0.1) is 23.5 Å². The smallest absolute Gasteiger partial charge is 0.380 e. The Morgan fingerprint density at radius 3 is 1.54 bits per heavy atom. The summed E-state index contributed by atoms with van der Waals surface area (Å²) in [5.74, 6) is -10.7. The Balaban J connectivity index is 0.768. The van der Waals surface area contributed by atoms with Crippen LogP contribution in [0.2, 0.25) is 0 Å². The van der Waals surface area contributed by atoms with Crippen molar-refractivity contribution in [2.24, 2.45) is 10.8 Å². The number of halogens is 6. The number of likely N-dealkylation sites (N-methyl/N-ethyl adjacent to an activating group) is 2. The molecule has 1 saturated heterocycles. The number of hydrogen-bond donors (Lipinski definition) is 0. The van der Waals surface area contributed by atoms with Gasteiger partial charge in [0, 0.05) is 102 Å². The third kappa shape index (κ3) is 7.26. The Morgan fingerprint density at radius 1 is 0.549 bits per heavy atom. The zero-order valence-electron chi connectivity index (χ0n) is 51.8. The lowest BCUT2D eigenvalue weighted by atomic mass is 9.56. The van der Waals surface area contributed by atoms with Crippen LogP contribution in [0.3, 0.4) is 0 Å². The molecule has 17 heteroatoms. The first-order valence-electron chi connectivity index (χ1n) is 30.2. The van der Waals surface area contributed by atoms with Gasteiger partial charge >= 0.3 is 17.8 Å². The molecule has 0 spiro atoms. The van der Waals surface area contributed by atoms with Crippen molar-refractivity contribution in [1.29, 1.82) is 0 Å². The number of para-hydroxylation sites is 2. The Morgan fingerprint density at radius 2 is 1.03 bits per heavy atom. The highest BCUT2D eigenvalue weighted by Crippen LogP contribution is 2.77. The molecule has 0 radical (unpaired) electrons. The minimum absolute atomic E-state index is 0.111. The van der Waals surface area contributed by atoms with Crippen molar-refractivity contribution in [1.82, 2.24) is 9.80 Å². The van der Waals surface area contributed by atoms with Crippen LogP contribution < -0.4 is 14.5 Å². The van der Waals surface area contributed by atoms with Crippen LogP contribution >= 0.6 is 23.5 Å². The van der Waals surface area contributed by atoms with Crippen LogP contribution in [0.25, 0.3) is 4.91 Å². The molecule has 4 amide bonds. The molecule has 6 heterocycles. The predicted molar refractivity (Wildman–Crippen MR) is 341 cm³/mol. The van der Waals surface area contributed by atoms with E-state index in [4.69, 9.17) is 4.74 Å². The number of thioether (sulfide) groups is 2. The summed E-state index contributed by atoms with van der Waals surface area (Å²) in [7, 11) is 5.44. The van der Waals surface area contributed by atoms with Crippen molar-refractivity contribution in [3.8, 4) is 17.6 Å². The van der Waals surface area contributed by atoms with Gasteiger partial charge in [0.05, 0.1) is 40.8 Å². The number of fused-ring (bicyclic) bond motifs is 10. The van der Waals surface area contributed by atoms with Crippen molar-refractivity contribution >= 4 is 63.4 Å². The molecule has 6 aliphatic heterocycles. The lowest BCUT2D eigenvalue weighted by Gasteiger charge is -2.47. The second kappa shape index (κ2) is 18.7. The normalized spacial score (nSPS) is 28.7. The Labute approximate surface area is 532 Å². The number of imide groups is 2. The summed E-state index contributed by atoms with van der Waals surface area (Å²) in [6.07, 6.45) is 4.93. The maximum absolute atomic E-state index is 16.3. The fourth-order valence-electron chi connectivity index (χ4n) is 16.7. The predicted octanol–water partition coefficient (Wildman–Crippen LogP) is 15.1. The van der Waals surface area contributed by atoms with E-state index < -0.39 is 88.9 Å². The molecule has 462 valence electrons. The highest BCUT2D eigenvalue weighted by Gasteiger charge is 2.84. The van der Waals surface area contributed by atoms with Gasteiger partial charge in [0.2, 0.25) is 0 Å². The van der Waals surface area contributed by atoms with Gasteiger partial charge < -0.3 is 14.5 Å². The molecule has 4 aliphatic carbocycles. The quantitative estimate of drug-likeness (QED) is 0.0898. The van der Waals surface area contributed by atoms with Gasteiger partial charge in [-0.25, -0.2) is 0 Å². The number of allylic oxidation sites excluding steroid dienone is 5. The topological polar surface area (TPSA) is 90.5 Å². The molecule has 0 bridgehead atoms. The molecule has 9 nitrogen and oxygen atoms in total. The van der Waals surface area contributed by atoms with E-state index >= 15 is 35.9 Å². The Bertz CT molecular complexity index is 4420.